The summed E-state index contributed by atoms with van der Waals surface area (Å²) in [6.45, 7) is 3.34. The summed E-state index contributed by atoms with van der Waals surface area (Å²) >= 11 is 1.56. The molecule has 0 aliphatic carbocycles. The van der Waals surface area contributed by atoms with Crippen molar-refractivity contribution < 1.29 is 33.3 Å². The summed E-state index contributed by atoms with van der Waals surface area (Å²) in [6, 6.07) is 9.50. The van der Waals surface area contributed by atoms with E-state index in [1.807, 2.05) is 35.7 Å². The minimum Gasteiger partial charge on any atom is -0.466 e. The van der Waals surface area contributed by atoms with Crippen LogP contribution in [0, 0.1) is 0 Å². The molecule has 1 aliphatic rings. The number of thiophene rings is 1. The van der Waals surface area contributed by atoms with Crippen molar-refractivity contribution in [1.29, 1.82) is 0 Å². The van der Waals surface area contributed by atoms with Crippen LogP contribution >= 0.6 is 11.3 Å². The molecule has 184 valence electrons. The van der Waals surface area contributed by atoms with E-state index in [9.17, 15) is 14.4 Å². The molecule has 0 saturated heterocycles. The van der Waals surface area contributed by atoms with Gasteiger partial charge in [-0.15, -0.1) is 11.3 Å². The van der Waals surface area contributed by atoms with Gasteiger partial charge in [-0.05, 0) is 36.1 Å². The van der Waals surface area contributed by atoms with E-state index in [1.165, 1.54) is 12.0 Å². The van der Waals surface area contributed by atoms with Gasteiger partial charge in [0.25, 0.3) is 0 Å². The van der Waals surface area contributed by atoms with E-state index in [4.69, 9.17) is 18.9 Å². The predicted octanol–water partition coefficient (Wildman–Crippen LogP) is 2.82. The van der Waals surface area contributed by atoms with Crippen LogP contribution in [0.1, 0.15) is 30.2 Å². The maximum atomic E-state index is 13.4. The number of fused-ring (bicyclic) bond motifs is 1. The average Bonchev–Trinajstić information content (AvgIpc) is 3.51. The maximum absolute atomic E-state index is 13.4. The highest BCUT2D eigenvalue weighted by molar-refractivity contribution is 7.09. The lowest BCUT2D eigenvalue weighted by Gasteiger charge is -2.27. The van der Waals surface area contributed by atoms with Crippen LogP contribution in [-0.4, -0.2) is 67.8 Å². The zero-order chi connectivity index (χ0) is 24.3. The van der Waals surface area contributed by atoms with Crippen molar-refractivity contribution in [3.8, 4) is 11.5 Å². The lowest BCUT2D eigenvalue weighted by atomic mass is 10.2. The smallest absolute Gasteiger partial charge is 0.306 e. The summed E-state index contributed by atoms with van der Waals surface area (Å²) in [7, 11) is 1.53. The number of carbonyl (C=O) groups excluding carboxylic acids is 3. The number of carbonyl (C=O) groups is 3. The molecule has 34 heavy (non-hydrogen) atoms. The Labute approximate surface area is 203 Å². The molecule has 1 aromatic heterocycles. The number of ether oxygens (including phenoxy) is 4. The third-order valence-corrected chi connectivity index (χ3v) is 6.04. The summed E-state index contributed by atoms with van der Waals surface area (Å²) in [6.07, 6.45) is -0.0522. The minimum absolute atomic E-state index is 0.0249. The van der Waals surface area contributed by atoms with Crippen LogP contribution in [0.2, 0.25) is 0 Å². The second-order valence-corrected chi connectivity index (χ2v) is 8.66. The van der Waals surface area contributed by atoms with Gasteiger partial charge in [-0.3, -0.25) is 14.4 Å². The largest absolute Gasteiger partial charge is 0.466 e. The zero-order valence-corrected chi connectivity index (χ0v) is 20.3. The number of methoxy groups -OCH3 is 1. The molecule has 0 radical (unpaired) electrons. The highest BCUT2D eigenvalue weighted by atomic mass is 32.1. The van der Waals surface area contributed by atoms with Gasteiger partial charge in [-0.1, -0.05) is 12.1 Å². The lowest BCUT2D eigenvalue weighted by Crippen LogP contribution is -2.43. The van der Waals surface area contributed by atoms with E-state index in [2.05, 4.69) is 0 Å². The van der Waals surface area contributed by atoms with Gasteiger partial charge in [0.2, 0.25) is 18.6 Å². The van der Waals surface area contributed by atoms with Crippen LogP contribution < -0.4 is 9.47 Å². The van der Waals surface area contributed by atoms with E-state index in [1.54, 1.807) is 23.2 Å². The van der Waals surface area contributed by atoms with Crippen LogP contribution in [0.15, 0.2) is 35.7 Å². The fourth-order valence-electron chi connectivity index (χ4n) is 3.44. The summed E-state index contributed by atoms with van der Waals surface area (Å²) in [5.74, 6) is 0.398. The molecular weight excluding hydrogens is 460 g/mol. The van der Waals surface area contributed by atoms with Crippen LogP contribution in [0.25, 0.3) is 0 Å². The van der Waals surface area contributed by atoms with E-state index in [-0.39, 0.29) is 57.8 Å². The van der Waals surface area contributed by atoms with E-state index in [0.29, 0.717) is 24.6 Å². The van der Waals surface area contributed by atoms with Crippen molar-refractivity contribution in [2.75, 3.05) is 40.2 Å². The second kappa shape index (κ2) is 13.0. The van der Waals surface area contributed by atoms with E-state index in [0.717, 1.165) is 10.4 Å². The van der Waals surface area contributed by atoms with Gasteiger partial charge in [-0.25, -0.2) is 0 Å². The molecule has 0 bridgehead atoms. The Hall–Kier alpha value is -3.11. The molecule has 1 aliphatic heterocycles. The third-order valence-electron chi connectivity index (χ3n) is 5.18. The molecule has 0 atom stereocenters. The van der Waals surface area contributed by atoms with Crippen molar-refractivity contribution in [3.05, 3.63) is 46.2 Å². The second-order valence-electron chi connectivity index (χ2n) is 7.63. The molecule has 2 amide bonds. The molecule has 0 N–H and O–H groups in total. The Balaban J connectivity index is 1.70. The number of nitrogens with zero attached hydrogens (tertiary/aromatic N) is 2. The lowest BCUT2D eigenvalue weighted by molar-refractivity contribution is -0.146. The van der Waals surface area contributed by atoms with Gasteiger partial charge in [0, 0.05) is 31.5 Å². The van der Waals surface area contributed by atoms with Gasteiger partial charge < -0.3 is 28.7 Å². The van der Waals surface area contributed by atoms with Crippen LogP contribution in [0.4, 0.5) is 0 Å². The van der Waals surface area contributed by atoms with Gasteiger partial charge in [0.15, 0.2) is 11.5 Å². The van der Waals surface area contributed by atoms with Crippen LogP contribution in [0.5, 0.6) is 11.5 Å². The molecule has 1 aromatic carbocycles. The SMILES string of the molecule is CCOC(=O)CCC(=O)N(CCOC)CC(=O)N(Cc1ccc2c(c1)OCO2)Cc1cccs1. The first kappa shape index (κ1) is 25.5. The normalized spacial score (nSPS) is 11.8. The molecule has 0 saturated carbocycles. The first-order valence-electron chi connectivity index (χ1n) is 11.1. The number of benzene rings is 1. The number of hydrogen-bond acceptors (Lipinski definition) is 8. The fraction of sp³-hybridized carbons (Fsp3) is 0.458. The van der Waals surface area contributed by atoms with Crippen molar-refractivity contribution in [1.82, 2.24) is 9.80 Å². The van der Waals surface area contributed by atoms with E-state index >= 15 is 0 Å². The standard InChI is InChI=1S/C24H30N2O7S/c1-3-31-24(29)9-8-22(27)25(10-11-30-2)16-23(28)26(15-19-5-4-12-34-19)14-18-6-7-20-21(13-18)33-17-32-20/h4-7,12-13H,3,8-11,14-17H2,1-2H3. The Morgan fingerprint density at radius 3 is 2.59 bits per heavy atom. The van der Waals surface area contributed by atoms with Crippen molar-refractivity contribution in [2.24, 2.45) is 0 Å². The highest BCUT2D eigenvalue weighted by Crippen LogP contribution is 2.33. The molecular formula is C24H30N2O7S. The molecule has 0 fully saturated rings. The fourth-order valence-corrected chi connectivity index (χ4v) is 4.16. The number of hydrogen-bond donors (Lipinski definition) is 0. The van der Waals surface area contributed by atoms with Gasteiger partial charge in [-0.2, -0.15) is 0 Å². The molecule has 2 aromatic rings. The number of rotatable bonds is 13. The van der Waals surface area contributed by atoms with Crippen LogP contribution in [0.3, 0.4) is 0 Å². The molecule has 9 nitrogen and oxygen atoms in total. The molecule has 0 spiro atoms. The van der Waals surface area contributed by atoms with Crippen molar-refractivity contribution >= 4 is 29.1 Å². The maximum Gasteiger partial charge on any atom is 0.306 e. The number of esters is 1. The molecule has 0 unspecified atom stereocenters. The Bertz CT molecular complexity index is 964. The monoisotopic (exact) mass is 490 g/mol. The van der Waals surface area contributed by atoms with Gasteiger partial charge in [0.05, 0.1) is 32.7 Å². The molecule has 3 rings (SSSR count). The molecule has 2 heterocycles. The zero-order valence-electron chi connectivity index (χ0n) is 19.5. The number of amides is 2. The van der Waals surface area contributed by atoms with Crippen molar-refractivity contribution in [2.45, 2.75) is 32.9 Å². The quantitative estimate of drug-likeness (QED) is 0.399. The van der Waals surface area contributed by atoms with Gasteiger partial charge in [0.1, 0.15) is 0 Å². The highest BCUT2D eigenvalue weighted by Gasteiger charge is 2.23. The van der Waals surface area contributed by atoms with E-state index < -0.39 is 5.97 Å². The topological polar surface area (TPSA) is 94.6 Å². The summed E-state index contributed by atoms with van der Waals surface area (Å²) < 4.78 is 20.9. The van der Waals surface area contributed by atoms with Gasteiger partial charge >= 0.3 is 5.97 Å². The van der Waals surface area contributed by atoms with Crippen LogP contribution in [-0.2, 0) is 36.9 Å². The first-order chi connectivity index (χ1) is 16.5. The molecule has 10 heteroatoms. The first-order valence-corrected chi connectivity index (χ1v) is 12.0. The van der Waals surface area contributed by atoms with Crippen molar-refractivity contribution in [3.63, 3.8) is 0 Å². The Morgan fingerprint density at radius 2 is 1.85 bits per heavy atom. The summed E-state index contributed by atoms with van der Waals surface area (Å²) in [4.78, 5) is 42.0. The Kier molecular flexibility index (Phi) is 9.72. The average molecular weight is 491 g/mol. The summed E-state index contributed by atoms with van der Waals surface area (Å²) in [5, 5.41) is 1.96. The third kappa shape index (κ3) is 7.46. The summed E-state index contributed by atoms with van der Waals surface area (Å²) in [5.41, 5.74) is 0.895. The predicted molar refractivity (Wildman–Crippen MR) is 125 cm³/mol. The Morgan fingerprint density at radius 1 is 1.03 bits per heavy atom. The minimum atomic E-state index is -0.434.